The maximum absolute atomic E-state index is 11.4. The van der Waals surface area contributed by atoms with Crippen LogP contribution < -0.4 is 5.73 Å². The first-order valence-corrected chi connectivity index (χ1v) is 7.51. The van der Waals surface area contributed by atoms with E-state index in [2.05, 4.69) is 35.9 Å². The lowest BCUT2D eigenvalue weighted by molar-refractivity contribution is -0.146. The number of nitrogens with two attached hydrogens (primary N) is 1. The number of aryl methyl sites for hydroxylation is 1. The number of hydrogen-bond donors (Lipinski definition) is 1. The van der Waals surface area contributed by atoms with E-state index >= 15 is 0 Å². The van der Waals surface area contributed by atoms with Crippen molar-refractivity contribution in [3.8, 4) is 0 Å². The van der Waals surface area contributed by atoms with Gasteiger partial charge in [-0.05, 0) is 44.1 Å². The molecule has 0 aliphatic heterocycles. The fourth-order valence-electron chi connectivity index (χ4n) is 1.83. The minimum Gasteiger partial charge on any atom is -0.468 e. The van der Waals surface area contributed by atoms with Gasteiger partial charge in [0.2, 0.25) is 0 Å². The predicted molar refractivity (Wildman–Crippen MR) is 80.4 cm³/mol. The zero-order valence-electron chi connectivity index (χ0n) is 11.9. The number of methoxy groups -OCH3 is 1. The SMILES string of the molecule is COC(=O)C(C)(N)CCCCSc1ccccc1C. The summed E-state index contributed by atoms with van der Waals surface area (Å²) in [6.07, 6.45) is 2.64. The first-order chi connectivity index (χ1) is 8.97. The number of rotatable bonds is 7. The first-order valence-electron chi connectivity index (χ1n) is 6.53. The van der Waals surface area contributed by atoms with Crippen LogP contribution in [0.25, 0.3) is 0 Å². The number of benzene rings is 1. The number of carbonyl (C=O) groups is 1. The van der Waals surface area contributed by atoms with Gasteiger partial charge in [-0.2, -0.15) is 0 Å². The number of ether oxygens (including phenoxy) is 1. The molecule has 0 bridgehead atoms. The minimum atomic E-state index is -0.859. The molecule has 19 heavy (non-hydrogen) atoms. The highest BCUT2D eigenvalue weighted by molar-refractivity contribution is 7.99. The molecule has 106 valence electrons. The lowest BCUT2D eigenvalue weighted by Gasteiger charge is -2.21. The molecule has 1 rings (SSSR count). The summed E-state index contributed by atoms with van der Waals surface area (Å²) in [4.78, 5) is 12.7. The summed E-state index contributed by atoms with van der Waals surface area (Å²) in [6.45, 7) is 3.85. The molecule has 1 atom stereocenters. The number of hydrogen-bond acceptors (Lipinski definition) is 4. The molecule has 0 aromatic heterocycles. The summed E-state index contributed by atoms with van der Waals surface area (Å²) in [6, 6.07) is 8.37. The summed E-state index contributed by atoms with van der Waals surface area (Å²) < 4.78 is 4.69. The van der Waals surface area contributed by atoms with Gasteiger partial charge in [0.15, 0.2) is 0 Å². The maximum atomic E-state index is 11.4. The van der Waals surface area contributed by atoms with Crippen molar-refractivity contribution in [1.82, 2.24) is 0 Å². The number of carbonyl (C=O) groups excluding carboxylic acids is 1. The molecule has 3 nitrogen and oxygen atoms in total. The van der Waals surface area contributed by atoms with Crippen LogP contribution in [0.15, 0.2) is 29.2 Å². The van der Waals surface area contributed by atoms with Crippen molar-refractivity contribution < 1.29 is 9.53 Å². The Balaban J connectivity index is 2.25. The number of thioether (sulfide) groups is 1. The Morgan fingerprint density at radius 3 is 2.68 bits per heavy atom. The molecule has 0 aliphatic rings. The van der Waals surface area contributed by atoms with Crippen molar-refractivity contribution in [2.24, 2.45) is 5.73 Å². The molecule has 0 fully saturated rings. The zero-order chi connectivity index (χ0) is 14.3. The fraction of sp³-hybridized carbons (Fsp3) is 0.533. The van der Waals surface area contributed by atoms with E-state index in [-0.39, 0.29) is 5.97 Å². The Hall–Kier alpha value is -1.00. The Morgan fingerprint density at radius 1 is 1.37 bits per heavy atom. The Bertz CT molecular complexity index is 418. The van der Waals surface area contributed by atoms with Crippen LogP contribution in [0.1, 0.15) is 31.7 Å². The lowest BCUT2D eigenvalue weighted by Crippen LogP contribution is -2.45. The molecule has 1 aromatic carbocycles. The van der Waals surface area contributed by atoms with E-state index in [0.29, 0.717) is 6.42 Å². The Labute approximate surface area is 119 Å². The second-order valence-electron chi connectivity index (χ2n) is 4.98. The van der Waals surface area contributed by atoms with Gasteiger partial charge in [0.1, 0.15) is 5.54 Å². The molecular formula is C15H23NO2S. The second kappa shape index (κ2) is 7.56. The number of esters is 1. The van der Waals surface area contributed by atoms with Crippen LogP contribution in [-0.2, 0) is 9.53 Å². The second-order valence-corrected chi connectivity index (χ2v) is 6.12. The van der Waals surface area contributed by atoms with E-state index in [0.717, 1.165) is 18.6 Å². The van der Waals surface area contributed by atoms with Gasteiger partial charge in [-0.3, -0.25) is 4.79 Å². The van der Waals surface area contributed by atoms with Crippen LogP contribution in [0, 0.1) is 6.92 Å². The summed E-state index contributed by atoms with van der Waals surface area (Å²) in [5.41, 5.74) is 6.36. The fourth-order valence-corrected chi connectivity index (χ4v) is 2.87. The molecule has 0 radical (unpaired) electrons. The lowest BCUT2D eigenvalue weighted by atomic mass is 9.97. The molecule has 1 aromatic rings. The third-order valence-electron chi connectivity index (χ3n) is 3.09. The van der Waals surface area contributed by atoms with Crippen molar-refractivity contribution in [3.63, 3.8) is 0 Å². The van der Waals surface area contributed by atoms with Crippen LogP contribution in [-0.4, -0.2) is 24.4 Å². The molecule has 4 heteroatoms. The van der Waals surface area contributed by atoms with Gasteiger partial charge < -0.3 is 10.5 Å². The third kappa shape index (κ3) is 5.25. The summed E-state index contributed by atoms with van der Waals surface area (Å²) in [5.74, 6) is 0.710. The van der Waals surface area contributed by atoms with Gasteiger partial charge in [0, 0.05) is 4.90 Å². The standard InChI is InChI=1S/C15H23NO2S/c1-12-8-4-5-9-13(12)19-11-7-6-10-15(2,16)14(17)18-3/h4-5,8-9H,6-7,10-11,16H2,1-3H3. The van der Waals surface area contributed by atoms with Gasteiger partial charge >= 0.3 is 5.97 Å². The quantitative estimate of drug-likeness (QED) is 0.474. The molecule has 0 aliphatic carbocycles. The molecule has 0 spiro atoms. The van der Waals surface area contributed by atoms with Crippen LogP contribution >= 0.6 is 11.8 Å². The van der Waals surface area contributed by atoms with E-state index in [1.165, 1.54) is 17.6 Å². The molecule has 0 saturated carbocycles. The van der Waals surface area contributed by atoms with Crippen molar-refractivity contribution in [3.05, 3.63) is 29.8 Å². The highest BCUT2D eigenvalue weighted by Gasteiger charge is 2.28. The monoisotopic (exact) mass is 281 g/mol. The molecule has 0 heterocycles. The predicted octanol–water partition coefficient (Wildman–Crippen LogP) is 3.15. The first kappa shape index (κ1) is 16.1. The van der Waals surface area contributed by atoms with Crippen molar-refractivity contribution in [2.45, 2.75) is 43.5 Å². The van der Waals surface area contributed by atoms with Crippen LogP contribution in [0.3, 0.4) is 0 Å². The summed E-state index contributed by atoms with van der Waals surface area (Å²) >= 11 is 1.85. The van der Waals surface area contributed by atoms with Crippen molar-refractivity contribution in [1.29, 1.82) is 0 Å². The van der Waals surface area contributed by atoms with Crippen molar-refractivity contribution in [2.75, 3.05) is 12.9 Å². The van der Waals surface area contributed by atoms with Gasteiger partial charge in [0.25, 0.3) is 0 Å². The van der Waals surface area contributed by atoms with Crippen LogP contribution in [0.5, 0.6) is 0 Å². The maximum Gasteiger partial charge on any atom is 0.325 e. The molecule has 1 unspecified atom stereocenters. The highest BCUT2D eigenvalue weighted by atomic mass is 32.2. The van der Waals surface area contributed by atoms with E-state index in [1.54, 1.807) is 6.92 Å². The van der Waals surface area contributed by atoms with Gasteiger partial charge in [-0.1, -0.05) is 24.6 Å². The van der Waals surface area contributed by atoms with E-state index < -0.39 is 5.54 Å². The molecule has 0 amide bonds. The van der Waals surface area contributed by atoms with E-state index in [4.69, 9.17) is 5.73 Å². The van der Waals surface area contributed by atoms with E-state index in [9.17, 15) is 4.79 Å². The zero-order valence-corrected chi connectivity index (χ0v) is 12.8. The molecule has 0 saturated heterocycles. The van der Waals surface area contributed by atoms with Gasteiger partial charge in [-0.15, -0.1) is 11.8 Å². The summed E-state index contributed by atoms with van der Waals surface area (Å²) in [7, 11) is 1.38. The third-order valence-corrected chi connectivity index (χ3v) is 4.36. The van der Waals surface area contributed by atoms with Crippen LogP contribution in [0.2, 0.25) is 0 Å². The topological polar surface area (TPSA) is 52.3 Å². The Morgan fingerprint density at radius 2 is 2.05 bits per heavy atom. The highest BCUT2D eigenvalue weighted by Crippen LogP contribution is 2.23. The van der Waals surface area contributed by atoms with Crippen LogP contribution in [0.4, 0.5) is 0 Å². The van der Waals surface area contributed by atoms with Gasteiger partial charge in [-0.25, -0.2) is 0 Å². The van der Waals surface area contributed by atoms with Gasteiger partial charge in [0.05, 0.1) is 7.11 Å². The minimum absolute atomic E-state index is 0.334. The Kier molecular flexibility index (Phi) is 6.38. The largest absolute Gasteiger partial charge is 0.468 e. The average molecular weight is 281 g/mol. The smallest absolute Gasteiger partial charge is 0.325 e. The molecule has 2 N–H and O–H groups in total. The average Bonchev–Trinajstić information content (AvgIpc) is 2.39. The normalized spacial score (nSPS) is 13.9. The van der Waals surface area contributed by atoms with Crippen molar-refractivity contribution >= 4 is 17.7 Å². The number of unbranched alkanes of at least 4 members (excludes halogenated alkanes) is 1. The molecular weight excluding hydrogens is 258 g/mol. The summed E-state index contributed by atoms with van der Waals surface area (Å²) in [5, 5.41) is 0. The van der Waals surface area contributed by atoms with E-state index in [1.807, 2.05) is 11.8 Å².